The smallest absolute Gasteiger partial charge is 0.0228 e. The minimum absolute atomic E-state index is 0.0177. The lowest BCUT2D eigenvalue weighted by Gasteiger charge is -2.44. The third kappa shape index (κ3) is 5.15. The van der Waals surface area contributed by atoms with Gasteiger partial charge in [-0.3, -0.25) is 0 Å². The summed E-state index contributed by atoms with van der Waals surface area (Å²) < 4.78 is 0. The van der Waals surface area contributed by atoms with E-state index in [-0.39, 0.29) is 10.8 Å². The van der Waals surface area contributed by atoms with Crippen molar-refractivity contribution in [3.05, 3.63) is 203 Å². The topological polar surface area (TPSA) is 0 Å². The third-order valence-corrected chi connectivity index (χ3v) is 10.3. The van der Waals surface area contributed by atoms with Gasteiger partial charge in [0, 0.05) is 5.41 Å². The molecule has 0 saturated carbocycles. The minimum Gasteiger partial charge on any atom is -0.0991 e. The summed E-state index contributed by atoms with van der Waals surface area (Å²) in [7, 11) is 0. The molecule has 49 heavy (non-hydrogen) atoms. The molecule has 0 fully saturated rings. The Morgan fingerprint density at radius 3 is 1.96 bits per heavy atom. The maximum absolute atomic E-state index is 3.98. The molecule has 3 aliphatic carbocycles. The molecule has 8 rings (SSSR count). The molecule has 0 saturated heterocycles. The molecule has 0 bridgehead atoms. The van der Waals surface area contributed by atoms with Gasteiger partial charge >= 0.3 is 0 Å². The van der Waals surface area contributed by atoms with Crippen LogP contribution in [-0.2, 0) is 0 Å². The van der Waals surface area contributed by atoms with Gasteiger partial charge in [-0.25, -0.2) is 0 Å². The summed E-state index contributed by atoms with van der Waals surface area (Å²) in [6.07, 6.45) is 14.4. The van der Waals surface area contributed by atoms with Crippen LogP contribution in [0.1, 0.15) is 67.5 Å². The second-order valence-corrected chi connectivity index (χ2v) is 14.8. The van der Waals surface area contributed by atoms with Crippen molar-refractivity contribution in [3.8, 4) is 0 Å². The Labute approximate surface area is 291 Å². The normalized spacial score (nSPS) is 18.8. The Balaban J connectivity index is 1.51. The number of rotatable bonds is 6. The highest BCUT2D eigenvalue weighted by molar-refractivity contribution is 6.36. The molecule has 0 heterocycles. The standard InChI is InChI=1S/C49H42/c1-6-7-18-37(32-48(2,3)4)38-27-28-41-44-39(38)25-17-26-40(44)45-43(34-21-13-9-14-22-34)42-31-36(33-19-11-8-12-20-33)29-30-49(42,5)47(46(41)45)35-23-15-10-16-24-35/h6-29,31-32H,1,30H2,2-5H3/b18-7-,37-32+. The van der Waals surface area contributed by atoms with Crippen molar-refractivity contribution in [2.24, 2.45) is 10.8 Å². The van der Waals surface area contributed by atoms with Crippen LogP contribution in [0.3, 0.4) is 0 Å². The van der Waals surface area contributed by atoms with Crippen molar-refractivity contribution in [3.63, 3.8) is 0 Å². The first-order chi connectivity index (χ1) is 23.8. The first-order valence-corrected chi connectivity index (χ1v) is 17.5. The number of fused-ring (bicyclic) bond motifs is 4. The van der Waals surface area contributed by atoms with Crippen molar-refractivity contribution in [2.45, 2.75) is 34.1 Å². The lowest BCUT2D eigenvalue weighted by Crippen LogP contribution is -2.28. The summed E-state index contributed by atoms with van der Waals surface area (Å²) in [6, 6.07) is 44.8. The molecule has 5 aromatic carbocycles. The van der Waals surface area contributed by atoms with Crippen LogP contribution in [0.2, 0.25) is 0 Å². The second-order valence-electron chi connectivity index (χ2n) is 14.8. The van der Waals surface area contributed by atoms with Crippen LogP contribution in [0.4, 0.5) is 0 Å². The van der Waals surface area contributed by atoms with Crippen LogP contribution >= 0.6 is 0 Å². The molecule has 0 N–H and O–H groups in total. The largest absolute Gasteiger partial charge is 0.0991 e. The van der Waals surface area contributed by atoms with E-state index in [0.717, 1.165) is 6.42 Å². The molecule has 3 aliphatic rings. The van der Waals surface area contributed by atoms with E-state index in [1.165, 1.54) is 83.2 Å². The van der Waals surface area contributed by atoms with E-state index in [1.807, 2.05) is 6.08 Å². The Morgan fingerprint density at radius 1 is 0.673 bits per heavy atom. The van der Waals surface area contributed by atoms with Gasteiger partial charge in [-0.1, -0.05) is 186 Å². The van der Waals surface area contributed by atoms with Crippen LogP contribution in [0.5, 0.6) is 0 Å². The van der Waals surface area contributed by atoms with Gasteiger partial charge in [-0.2, -0.15) is 0 Å². The van der Waals surface area contributed by atoms with Crippen LogP contribution in [0, 0.1) is 10.8 Å². The average Bonchev–Trinajstić information content (AvgIpc) is 3.44. The zero-order valence-corrected chi connectivity index (χ0v) is 28.9. The maximum Gasteiger partial charge on any atom is 0.0228 e. The van der Waals surface area contributed by atoms with Crippen molar-refractivity contribution in [2.75, 3.05) is 0 Å². The predicted molar refractivity (Wildman–Crippen MR) is 212 cm³/mol. The summed E-state index contributed by atoms with van der Waals surface area (Å²) in [6.45, 7) is 13.3. The molecule has 0 aliphatic heterocycles. The highest BCUT2D eigenvalue weighted by atomic mass is 14.5. The van der Waals surface area contributed by atoms with Crippen LogP contribution in [-0.4, -0.2) is 0 Å². The van der Waals surface area contributed by atoms with Gasteiger partial charge in [0.15, 0.2) is 0 Å². The van der Waals surface area contributed by atoms with Gasteiger partial charge in [0.2, 0.25) is 0 Å². The van der Waals surface area contributed by atoms with Gasteiger partial charge in [0.05, 0.1) is 0 Å². The fraction of sp³-hybridized carbons (Fsp3) is 0.143. The predicted octanol–water partition coefficient (Wildman–Crippen LogP) is 13.3. The zero-order chi connectivity index (χ0) is 33.8. The Hall–Kier alpha value is -5.46. The quantitative estimate of drug-likeness (QED) is 0.164. The van der Waals surface area contributed by atoms with E-state index in [4.69, 9.17) is 0 Å². The Bertz CT molecular complexity index is 2310. The van der Waals surface area contributed by atoms with E-state index < -0.39 is 0 Å². The fourth-order valence-electron chi connectivity index (χ4n) is 8.31. The van der Waals surface area contributed by atoms with Crippen molar-refractivity contribution in [1.29, 1.82) is 0 Å². The number of hydrogen-bond donors (Lipinski definition) is 0. The van der Waals surface area contributed by atoms with Gasteiger partial charge in [-0.05, 0) is 101 Å². The highest BCUT2D eigenvalue weighted by Gasteiger charge is 2.46. The average molecular weight is 631 g/mol. The minimum atomic E-state index is -0.235. The van der Waals surface area contributed by atoms with Crippen LogP contribution in [0.15, 0.2) is 170 Å². The number of hydrogen-bond acceptors (Lipinski definition) is 0. The summed E-state index contributed by atoms with van der Waals surface area (Å²) in [5.41, 5.74) is 16.9. The number of benzene rings is 5. The molecule has 0 spiro atoms. The van der Waals surface area contributed by atoms with E-state index >= 15 is 0 Å². The lowest BCUT2D eigenvalue weighted by molar-refractivity contribution is 0.546. The van der Waals surface area contributed by atoms with E-state index in [0.29, 0.717) is 0 Å². The summed E-state index contributed by atoms with van der Waals surface area (Å²) >= 11 is 0. The Kier molecular flexibility index (Phi) is 7.49. The summed E-state index contributed by atoms with van der Waals surface area (Å²) in [5.74, 6) is 0. The summed E-state index contributed by atoms with van der Waals surface area (Å²) in [5, 5.41) is 2.64. The molecule has 0 radical (unpaired) electrons. The maximum atomic E-state index is 3.98. The molecular weight excluding hydrogens is 589 g/mol. The van der Waals surface area contributed by atoms with Crippen LogP contribution < -0.4 is 0 Å². The fourth-order valence-corrected chi connectivity index (χ4v) is 8.31. The molecule has 0 aromatic heterocycles. The zero-order valence-electron chi connectivity index (χ0n) is 28.9. The number of allylic oxidation sites excluding steroid dienone is 13. The molecular formula is C49H42. The van der Waals surface area contributed by atoms with E-state index in [1.54, 1.807) is 0 Å². The molecule has 0 amide bonds. The van der Waals surface area contributed by atoms with Crippen molar-refractivity contribution in [1.82, 2.24) is 0 Å². The molecule has 238 valence electrons. The van der Waals surface area contributed by atoms with Crippen molar-refractivity contribution >= 4 is 44.2 Å². The van der Waals surface area contributed by atoms with Gasteiger partial charge in [-0.15, -0.1) is 0 Å². The highest BCUT2D eigenvalue weighted by Crippen LogP contribution is 2.65. The monoisotopic (exact) mass is 630 g/mol. The third-order valence-electron chi connectivity index (χ3n) is 10.3. The first kappa shape index (κ1) is 30.8. The Morgan fingerprint density at radius 2 is 1.31 bits per heavy atom. The molecule has 0 heteroatoms. The van der Waals surface area contributed by atoms with Gasteiger partial charge in [0.1, 0.15) is 0 Å². The van der Waals surface area contributed by atoms with Crippen molar-refractivity contribution < 1.29 is 0 Å². The van der Waals surface area contributed by atoms with E-state index in [2.05, 4.69) is 186 Å². The van der Waals surface area contributed by atoms with Gasteiger partial charge in [0.25, 0.3) is 0 Å². The molecule has 5 aromatic rings. The molecule has 1 atom stereocenters. The van der Waals surface area contributed by atoms with Gasteiger partial charge < -0.3 is 0 Å². The molecule has 0 nitrogen and oxygen atoms in total. The lowest BCUT2D eigenvalue weighted by atomic mass is 9.59. The SMILES string of the molecule is C=C/C=C\C(=C/C(C)(C)C)c1ccc2c3c(cccc13)C1=C(c3ccccc3)C3=CC(c4ccccc4)=CCC3(C)C(c3ccccc3)=C12. The van der Waals surface area contributed by atoms with Crippen LogP contribution in [0.25, 0.3) is 44.2 Å². The molecule has 1 unspecified atom stereocenters. The van der Waals surface area contributed by atoms with E-state index in [9.17, 15) is 0 Å². The second kappa shape index (κ2) is 11.9. The summed E-state index contributed by atoms with van der Waals surface area (Å²) in [4.78, 5) is 0. The first-order valence-electron chi connectivity index (χ1n) is 17.5.